The van der Waals surface area contributed by atoms with Crippen LogP contribution in [0.15, 0.2) is 36.4 Å². The Morgan fingerprint density at radius 1 is 1.39 bits per heavy atom. The second-order valence-corrected chi connectivity index (χ2v) is 7.12. The molecule has 1 heterocycles. The summed E-state index contributed by atoms with van der Waals surface area (Å²) in [6.07, 6.45) is 6.68. The van der Waals surface area contributed by atoms with E-state index in [0.717, 1.165) is 24.0 Å². The summed E-state index contributed by atoms with van der Waals surface area (Å²) in [6.45, 7) is 4.47. The van der Waals surface area contributed by atoms with E-state index in [2.05, 4.69) is 23.9 Å². The fourth-order valence-electron chi connectivity index (χ4n) is 3.17. The molecule has 0 radical (unpaired) electrons. The molecule has 23 heavy (non-hydrogen) atoms. The van der Waals surface area contributed by atoms with Crippen LogP contribution in [0.5, 0.6) is 5.75 Å². The van der Waals surface area contributed by atoms with Crippen LogP contribution in [-0.4, -0.2) is 30.6 Å². The van der Waals surface area contributed by atoms with Crippen LogP contribution in [0.3, 0.4) is 0 Å². The Morgan fingerprint density at radius 2 is 2.17 bits per heavy atom. The zero-order valence-corrected chi connectivity index (χ0v) is 14.0. The van der Waals surface area contributed by atoms with E-state index < -0.39 is 5.60 Å². The molecule has 1 fully saturated rings. The standard InChI is InChI=1S/C17H20ClN3O2/c1-16(2)6-5-13(7-12-3-4-14(18)15(22)8-12)17(16,23)9-21-11-19-10-20-21/h3-4,7-8,10-11,22-23H,5-6,9H2,1-2H3. The van der Waals surface area contributed by atoms with Gasteiger partial charge >= 0.3 is 0 Å². The van der Waals surface area contributed by atoms with Gasteiger partial charge < -0.3 is 10.2 Å². The Bertz CT molecular complexity index is 740. The highest BCUT2D eigenvalue weighted by molar-refractivity contribution is 6.32. The van der Waals surface area contributed by atoms with Crippen LogP contribution >= 0.6 is 11.6 Å². The maximum absolute atomic E-state index is 11.4. The summed E-state index contributed by atoms with van der Waals surface area (Å²) in [6, 6.07) is 5.09. The number of halogens is 1. The summed E-state index contributed by atoms with van der Waals surface area (Å²) in [5.41, 5.74) is 0.450. The van der Waals surface area contributed by atoms with Crippen molar-refractivity contribution >= 4 is 17.7 Å². The maximum Gasteiger partial charge on any atom is 0.137 e. The van der Waals surface area contributed by atoms with E-state index in [4.69, 9.17) is 11.6 Å². The first-order valence-electron chi connectivity index (χ1n) is 7.56. The molecule has 1 saturated carbocycles. The van der Waals surface area contributed by atoms with Crippen molar-refractivity contribution in [3.8, 4) is 5.75 Å². The molecule has 2 aromatic rings. The molecular formula is C17H20ClN3O2. The van der Waals surface area contributed by atoms with Crippen molar-refractivity contribution in [2.24, 2.45) is 5.41 Å². The average molecular weight is 334 g/mol. The zero-order valence-electron chi connectivity index (χ0n) is 13.2. The van der Waals surface area contributed by atoms with E-state index in [1.54, 1.807) is 23.1 Å². The number of hydrogen-bond acceptors (Lipinski definition) is 4. The summed E-state index contributed by atoms with van der Waals surface area (Å²) in [7, 11) is 0. The zero-order chi connectivity index (χ0) is 16.7. The third-order valence-corrected chi connectivity index (χ3v) is 5.16. The number of rotatable bonds is 3. The Hall–Kier alpha value is -1.85. The van der Waals surface area contributed by atoms with Crippen molar-refractivity contribution in [2.75, 3.05) is 0 Å². The molecule has 0 spiro atoms. The quantitative estimate of drug-likeness (QED) is 0.904. The number of phenols is 1. The molecule has 1 aromatic carbocycles. The molecule has 0 amide bonds. The summed E-state index contributed by atoms with van der Waals surface area (Å²) in [5.74, 6) is 0.0399. The summed E-state index contributed by atoms with van der Waals surface area (Å²) >= 11 is 5.85. The molecule has 1 aromatic heterocycles. The van der Waals surface area contributed by atoms with Gasteiger partial charge in [-0.1, -0.05) is 37.6 Å². The fraction of sp³-hybridized carbons (Fsp3) is 0.412. The van der Waals surface area contributed by atoms with Crippen molar-refractivity contribution < 1.29 is 10.2 Å². The van der Waals surface area contributed by atoms with Crippen LogP contribution in [0.2, 0.25) is 5.02 Å². The molecule has 1 atom stereocenters. The van der Waals surface area contributed by atoms with E-state index in [1.165, 1.54) is 6.33 Å². The number of aromatic hydroxyl groups is 1. The van der Waals surface area contributed by atoms with Gasteiger partial charge in [-0.05, 0) is 41.5 Å². The molecule has 3 rings (SSSR count). The molecule has 5 nitrogen and oxygen atoms in total. The molecule has 2 N–H and O–H groups in total. The van der Waals surface area contributed by atoms with E-state index in [9.17, 15) is 10.2 Å². The van der Waals surface area contributed by atoms with E-state index in [0.29, 0.717) is 11.6 Å². The summed E-state index contributed by atoms with van der Waals surface area (Å²) in [4.78, 5) is 3.95. The van der Waals surface area contributed by atoms with Gasteiger partial charge in [0.05, 0.1) is 11.6 Å². The van der Waals surface area contributed by atoms with Crippen molar-refractivity contribution in [2.45, 2.75) is 38.8 Å². The first-order chi connectivity index (χ1) is 10.8. The summed E-state index contributed by atoms with van der Waals surface area (Å²) in [5, 5.41) is 25.6. The lowest BCUT2D eigenvalue weighted by Crippen LogP contribution is -2.45. The van der Waals surface area contributed by atoms with Crippen LogP contribution in [-0.2, 0) is 6.54 Å². The Morgan fingerprint density at radius 3 is 2.83 bits per heavy atom. The van der Waals surface area contributed by atoms with Crippen LogP contribution in [0.25, 0.3) is 6.08 Å². The lowest BCUT2D eigenvalue weighted by atomic mass is 9.76. The molecule has 122 valence electrons. The molecule has 0 bridgehead atoms. The highest BCUT2D eigenvalue weighted by Crippen LogP contribution is 2.50. The predicted molar refractivity (Wildman–Crippen MR) is 89.1 cm³/mol. The van der Waals surface area contributed by atoms with Crippen molar-refractivity contribution in [1.82, 2.24) is 14.8 Å². The molecule has 6 heteroatoms. The molecular weight excluding hydrogens is 314 g/mol. The number of aromatic nitrogens is 3. The minimum atomic E-state index is -1.02. The van der Waals surface area contributed by atoms with Crippen molar-refractivity contribution in [3.63, 3.8) is 0 Å². The van der Waals surface area contributed by atoms with Crippen LogP contribution in [0, 0.1) is 5.41 Å². The van der Waals surface area contributed by atoms with Gasteiger partial charge in [-0.25, -0.2) is 9.67 Å². The van der Waals surface area contributed by atoms with E-state index >= 15 is 0 Å². The lowest BCUT2D eigenvalue weighted by molar-refractivity contribution is -0.0298. The number of hydrogen-bond donors (Lipinski definition) is 2. The van der Waals surface area contributed by atoms with Crippen LogP contribution in [0.4, 0.5) is 0 Å². The first-order valence-corrected chi connectivity index (χ1v) is 7.94. The number of nitrogens with zero attached hydrogens (tertiary/aromatic N) is 3. The first kappa shape index (κ1) is 16.0. The minimum Gasteiger partial charge on any atom is -0.506 e. The molecule has 0 saturated heterocycles. The smallest absolute Gasteiger partial charge is 0.137 e. The fourth-order valence-corrected chi connectivity index (χ4v) is 3.29. The predicted octanol–water partition coefficient (Wildman–Crippen LogP) is 3.27. The molecule has 1 aliphatic rings. The van der Waals surface area contributed by atoms with Gasteiger partial charge in [-0.15, -0.1) is 0 Å². The van der Waals surface area contributed by atoms with Gasteiger partial charge in [0.1, 0.15) is 24.0 Å². The largest absolute Gasteiger partial charge is 0.506 e. The summed E-state index contributed by atoms with van der Waals surface area (Å²) < 4.78 is 1.65. The Balaban J connectivity index is 1.99. The van der Waals surface area contributed by atoms with Crippen LogP contribution in [0.1, 0.15) is 32.3 Å². The highest BCUT2D eigenvalue weighted by Gasteiger charge is 2.51. The number of benzene rings is 1. The number of phenolic OH excluding ortho intramolecular Hbond substituents is 1. The SMILES string of the molecule is CC1(C)CCC(=Cc2ccc(Cl)c(O)c2)C1(O)Cn1cncn1. The van der Waals surface area contributed by atoms with Crippen LogP contribution < -0.4 is 0 Å². The lowest BCUT2D eigenvalue weighted by Gasteiger charge is -2.37. The molecule has 0 aliphatic heterocycles. The van der Waals surface area contributed by atoms with Gasteiger partial charge in [0.25, 0.3) is 0 Å². The monoisotopic (exact) mass is 333 g/mol. The maximum atomic E-state index is 11.4. The van der Waals surface area contributed by atoms with E-state index in [1.807, 2.05) is 12.1 Å². The normalized spacial score (nSPS) is 25.1. The van der Waals surface area contributed by atoms with Gasteiger partial charge in [0.15, 0.2) is 0 Å². The molecule has 1 unspecified atom stereocenters. The average Bonchev–Trinajstić information content (AvgIpc) is 3.06. The molecule has 1 aliphatic carbocycles. The second kappa shape index (κ2) is 5.65. The third kappa shape index (κ3) is 2.86. The minimum absolute atomic E-state index is 0.0399. The van der Waals surface area contributed by atoms with Gasteiger partial charge in [0, 0.05) is 0 Å². The van der Waals surface area contributed by atoms with Gasteiger partial charge in [-0.3, -0.25) is 0 Å². The van der Waals surface area contributed by atoms with Gasteiger partial charge in [-0.2, -0.15) is 5.10 Å². The van der Waals surface area contributed by atoms with Crippen molar-refractivity contribution in [3.05, 3.63) is 47.0 Å². The number of aliphatic hydroxyl groups is 1. The van der Waals surface area contributed by atoms with E-state index in [-0.39, 0.29) is 11.2 Å². The highest BCUT2D eigenvalue weighted by atomic mass is 35.5. The second-order valence-electron chi connectivity index (χ2n) is 6.72. The topological polar surface area (TPSA) is 71.2 Å². The Kier molecular flexibility index (Phi) is 3.94. The third-order valence-electron chi connectivity index (χ3n) is 4.84. The van der Waals surface area contributed by atoms with Gasteiger partial charge in [0.2, 0.25) is 0 Å². The van der Waals surface area contributed by atoms with Crippen molar-refractivity contribution in [1.29, 1.82) is 0 Å². The Labute approximate surface area is 140 Å².